The van der Waals surface area contributed by atoms with E-state index in [2.05, 4.69) is 0 Å². The van der Waals surface area contributed by atoms with Gasteiger partial charge in [0, 0.05) is 0 Å². The lowest BCUT2D eigenvalue weighted by Crippen LogP contribution is -2.20. The lowest BCUT2D eigenvalue weighted by Gasteiger charge is -2.10. The molecule has 130 valence electrons. The van der Waals surface area contributed by atoms with Crippen molar-refractivity contribution in [2.45, 2.75) is 13.2 Å². The van der Waals surface area contributed by atoms with Crippen molar-refractivity contribution < 1.29 is 19.0 Å². The van der Waals surface area contributed by atoms with E-state index in [9.17, 15) is 9.59 Å². The summed E-state index contributed by atoms with van der Waals surface area (Å²) in [6, 6.07) is 12.7. The fourth-order valence-corrected chi connectivity index (χ4v) is 3.36. The van der Waals surface area contributed by atoms with Gasteiger partial charge in [-0.25, -0.2) is 0 Å². The fourth-order valence-electron chi connectivity index (χ4n) is 2.47. The van der Waals surface area contributed by atoms with Gasteiger partial charge in [0.15, 0.2) is 11.5 Å². The summed E-state index contributed by atoms with van der Waals surface area (Å²) in [7, 11) is 3.10. The van der Waals surface area contributed by atoms with Crippen LogP contribution in [0.4, 0.5) is 0 Å². The first-order valence-electron chi connectivity index (χ1n) is 7.57. The van der Waals surface area contributed by atoms with E-state index in [0.29, 0.717) is 11.5 Å². The molecule has 0 N–H and O–H groups in total. The van der Waals surface area contributed by atoms with E-state index in [1.807, 2.05) is 24.3 Å². The van der Waals surface area contributed by atoms with Crippen molar-refractivity contribution in [2.75, 3.05) is 14.2 Å². The Morgan fingerprint density at radius 3 is 2.60 bits per heavy atom. The first-order valence-corrected chi connectivity index (χ1v) is 8.39. The van der Waals surface area contributed by atoms with Crippen molar-refractivity contribution in [1.29, 1.82) is 0 Å². The Balaban J connectivity index is 1.69. The number of carbonyl (C=O) groups excluding carboxylic acids is 1. The average molecular weight is 359 g/mol. The van der Waals surface area contributed by atoms with Gasteiger partial charge in [-0.2, -0.15) is 0 Å². The summed E-state index contributed by atoms with van der Waals surface area (Å²) in [5.41, 5.74) is 1.51. The molecule has 0 atom stereocenters. The number of thiazole rings is 1. The molecular weight excluding hydrogens is 342 g/mol. The minimum absolute atomic E-state index is 0.0933. The van der Waals surface area contributed by atoms with Crippen LogP contribution in [0.2, 0.25) is 0 Å². The van der Waals surface area contributed by atoms with Crippen molar-refractivity contribution >= 4 is 27.5 Å². The summed E-state index contributed by atoms with van der Waals surface area (Å²) in [4.78, 5) is 24.0. The van der Waals surface area contributed by atoms with Crippen LogP contribution >= 0.6 is 11.3 Å². The van der Waals surface area contributed by atoms with Crippen molar-refractivity contribution in [2.24, 2.45) is 0 Å². The van der Waals surface area contributed by atoms with E-state index < -0.39 is 5.97 Å². The van der Waals surface area contributed by atoms with Gasteiger partial charge in [-0.05, 0) is 29.8 Å². The second kappa shape index (κ2) is 7.40. The molecule has 0 bridgehead atoms. The van der Waals surface area contributed by atoms with Gasteiger partial charge >= 0.3 is 10.8 Å². The zero-order valence-electron chi connectivity index (χ0n) is 13.9. The van der Waals surface area contributed by atoms with Crippen molar-refractivity contribution in [3.8, 4) is 11.5 Å². The van der Waals surface area contributed by atoms with Gasteiger partial charge in [-0.1, -0.05) is 29.5 Å². The minimum atomic E-state index is -0.472. The molecule has 6 nitrogen and oxygen atoms in total. The monoisotopic (exact) mass is 359 g/mol. The molecule has 0 spiro atoms. The van der Waals surface area contributed by atoms with Crippen LogP contribution in [0, 0.1) is 0 Å². The molecule has 0 saturated carbocycles. The lowest BCUT2D eigenvalue weighted by molar-refractivity contribution is -0.145. The molecule has 7 heteroatoms. The van der Waals surface area contributed by atoms with E-state index in [0.717, 1.165) is 27.1 Å². The normalized spacial score (nSPS) is 10.6. The van der Waals surface area contributed by atoms with Crippen LogP contribution in [-0.4, -0.2) is 24.8 Å². The molecule has 0 amide bonds. The van der Waals surface area contributed by atoms with Crippen LogP contribution in [-0.2, 0) is 22.7 Å². The Hall–Kier alpha value is -2.80. The van der Waals surface area contributed by atoms with Crippen molar-refractivity contribution in [1.82, 2.24) is 4.57 Å². The third kappa shape index (κ3) is 3.66. The molecule has 3 aromatic rings. The topological polar surface area (TPSA) is 66.8 Å². The Morgan fingerprint density at radius 2 is 1.84 bits per heavy atom. The number of hydrogen-bond acceptors (Lipinski definition) is 6. The highest BCUT2D eigenvalue weighted by molar-refractivity contribution is 7.16. The van der Waals surface area contributed by atoms with Crippen LogP contribution in [0.3, 0.4) is 0 Å². The summed E-state index contributed by atoms with van der Waals surface area (Å²) >= 11 is 1.11. The molecule has 0 fully saturated rings. The maximum absolute atomic E-state index is 12.1. The van der Waals surface area contributed by atoms with E-state index in [1.54, 1.807) is 32.4 Å². The second-order valence-electron chi connectivity index (χ2n) is 5.27. The number of methoxy groups -OCH3 is 2. The van der Waals surface area contributed by atoms with Gasteiger partial charge in [0.1, 0.15) is 13.2 Å². The number of rotatable bonds is 6. The number of esters is 1. The number of carbonyl (C=O) groups is 1. The zero-order valence-corrected chi connectivity index (χ0v) is 14.7. The zero-order chi connectivity index (χ0) is 17.8. The lowest BCUT2D eigenvalue weighted by atomic mass is 10.2. The number of fused-ring (bicyclic) bond motifs is 1. The molecule has 1 aromatic heterocycles. The predicted octanol–water partition coefficient (Wildman–Crippen LogP) is 2.82. The van der Waals surface area contributed by atoms with Crippen LogP contribution in [0.25, 0.3) is 10.2 Å². The molecule has 0 saturated heterocycles. The SMILES string of the molecule is COc1ccc(COC(=O)Cn2c(=O)sc3ccccc32)cc1OC. The number of nitrogens with zero attached hydrogens (tertiary/aromatic N) is 1. The minimum Gasteiger partial charge on any atom is -0.493 e. The Bertz CT molecular complexity index is 959. The van der Waals surface area contributed by atoms with Crippen LogP contribution < -0.4 is 14.3 Å². The van der Waals surface area contributed by atoms with Gasteiger partial charge in [0.2, 0.25) is 0 Å². The highest BCUT2D eigenvalue weighted by Crippen LogP contribution is 2.27. The highest BCUT2D eigenvalue weighted by atomic mass is 32.1. The van der Waals surface area contributed by atoms with Gasteiger partial charge in [0.05, 0.1) is 24.4 Å². The van der Waals surface area contributed by atoms with E-state index in [-0.39, 0.29) is 18.0 Å². The molecule has 0 aliphatic rings. The number of hydrogen-bond donors (Lipinski definition) is 0. The molecule has 2 aromatic carbocycles. The summed E-state index contributed by atoms with van der Waals surface area (Å²) in [5.74, 6) is 0.699. The van der Waals surface area contributed by atoms with Gasteiger partial charge < -0.3 is 14.2 Å². The Kier molecular flexibility index (Phi) is 5.04. The third-order valence-electron chi connectivity index (χ3n) is 3.71. The number of aromatic nitrogens is 1. The smallest absolute Gasteiger partial charge is 0.326 e. The van der Waals surface area contributed by atoms with Gasteiger partial charge in [-0.15, -0.1) is 0 Å². The first kappa shape index (κ1) is 17.0. The van der Waals surface area contributed by atoms with Crippen LogP contribution in [0.5, 0.6) is 11.5 Å². The quantitative estimate of drug-likeness (QED) is 0.633. The van der Waals surface area contributed by atoms with E-state index in [1.165, 1.54) is 4.57 Å². The Labute approximate surface area is 148 Å². The molecule has 0 unspecified atom stereocenters. The maximum atomic E-state index is 12.1. The molecule has 1 heterocycles. The molecule has 0 aliphatic carbocycles. The summed E-state index contributed by atoms with van der Waals surface area (Å²) in [5, 5.41) is 0. The second-order valence-corrected chi connectivity index (χ2v) is 6.27. The summed E-state index contributed by atoms with van der Waals surface area (Å²) in [6.45, 7) is -0.0217. The standard InChI is InChI=1S/C18H17NO5S/c1-22-14-8-7-12(9-15(14)23-2)11-24-17(20)10-19-13-5-3-4-6-16(13)25-18(19)21/h3-9H,10-11H2,1-2H3. The van der Waals surface area contributed by atoms with Crippen LogP contribution in [0.1, 0.15) is 5.56 Å². The fraction of sp³-hybridized carbons (Fsp3) is 0.222. The first-order chi connectivity index (χ1) is 12.1. The Morgan fingerprint density at radius 1 is 1.08 bits per heavy atom. The predicted molar refractivity (Wildman–Crippen MR) is 95.4 cm³/mol. The highest BCUT2D eigenvalue weighted by Gasteiger charge is 2.12. The molecule has 0 aliphatic heterocycles. The third-order valence-corrected chi connectivity index (χ3v) is 4.67. The van der Waals surface area contributed by atoms with Crippen molar-refractivity contribution in [3.05, 3.63) is 57.7 Å². The van der Waals surface area contributed by atoms with Gasteiger partial charge in [0.25, 0.3) is 0 Å². The van der Waals surface area contributed by atoms with Crippen LogP contribution in [0.15, 0.2) is 47.3 Å². The average Bonchev–Trinajstić information content (AvgIpc) is 2.95. The number of para-hydroxylation sites is 1. The molecule has 25 heavy (non-hydrogen) atoms. The summed E-state index contributed by atoms with van der Waals surface area (Å²) < 4.78 is 18.0. The largest absolute Gasteiger partial charge is 0.493 e. The van der Waals surface area contributed by atoms with E-state index >= 15 is 0 Å². The number of benzene rings is 2. The number of ether oxygens (including phenoxy) is 3. The maximum Gasteiger partial charge on any atom is 0.326 e. The molecule has 3 rings (SSSR count). The molecular formula is C18H17NO5S. The molecule has 0 radical (unpaired) electrons. The van der Waals surface area contributed by atoms with Crippen molar-refractivity contribution in [3.63, 3.8) is 0 Å². The van der Waals surface area contributed by atoms with E-state index in [4.69, 9.17) is 14.2 Å². The summed E-state index contributed by atoms with van der Waals surface area (Å²) in [6.07, 6.45) is 0. The van der Waals surface area contributed by atoms with Gasteiger partial charge in [-0.3, -0.25) is 14.2 Å².